The predicted molar refractivity (Wildman–Crippen MR) is 73.2 cm³/mol. The molecule has 1 heterocycles. The fourth-order valence-corrected chi connectivity index (χ4v) is 2.17. The molecule has 0 unspecified atom stereocenters. The number of nitrogens with zero attached hydrogens (tertiary/aromatic N) is 1. The van der Waals surface area contributed by atoms with Crippen LogP contribution in [0.5, 0.6) is 0 Å². The van der Waals surface area contributed by atoms with E-state index in [0.29, 0.717) is 6.61 Å². The van der Waals surface area contributed by atoms with Crippen molar-refractivity contribution in [2.75, 3.05) is 39.9 Å². The molecule has 0 aromatic carbocycles. The first kappa shape index (κ1) is 14.5. The molecule has 0 atom stereocenters. The van der Waals surface area contributed by atoms with Gasteiger partial charge in [-0.3, -0.25) is 0 Å². The second-order valence-corrected chi connectivity index (χ2v) is 4.87. The molecule has 1 fully saturated rings. The van der Waals surface area contributed by atoms with Crippen LogP contribution < -0.4 is 5.32 Å². The van der Waals surface area contributed by atoms with Gasteiger partial charge in [-0.1, -0.05) is 13.0 Å². The van der Waals surface area contributed by atoms with Crippen LogP contribution in [0.15, 0.2) is 12.3 Å². The molecule has 0 bridgehead atoms. The highest BCUT2D eigenvalue weighted by Crippen LogP contribution is 2.09. The Morgan fingerprint density at radius 3 is 2.65 bits per heavy atom. The summed E-state index contributed by atoms with van der Waals surface area (Å²) >= 11 is 0. The summed E-state index contributed by atoms with van der Waals surface area (Å²) in [5.41, 5.74) is 0.957. The molecule has 1 aliphatic heterocycles. The molecule has 1 N–H and O–H groups in total. The first-order chi connectivity index (χ1) is 8.33. The summed E-state index contributed by atoms with van der Waals surface area (Å²) < 4.78 is 5.50. The highest BCUT2D eigenvalue weighted by molar-refractivity contribution is 4.88. The lowest BCUT2D eigenvalue weighted by Gasteiger charge is -2.26. The fourth-order valence-electron chi connectivity index (χ4n) is 2.17. The van der Waals surface area contributed by atoms with E-state index in [-0.39, 0.29) is 0 Å². The third-order valence-electron chi connectivity index (χ3n) is 3.34. The fraction of sp³-hybridized carbons (Fsp3) is 0.857. The molecule has 100 valence electrons. The lowest BCUT2D eigenvalue weighted by Crippen LogP contribution is -2.30. The van der Waals surface area contributed by atoms with Crippen LogP contribution in [0.25, 0.3) is 0 Å². The van der Waals surface area contributed by atoms with E-state index >= 15 is 0 Å². The number of likely N-dealkylation sites (N-methyl/N-ethyl adjacent to an activating group) is 1. The van der Waals surface area contributed by atoms with Crippen molar-refractivity contribution in [3.63, 3.8) is 0 Å². The molecule has 0 aromatic heterocycles. The molecule has 0 amide bonds. The molecule has 3 heteroatoms. The van der Waals surface area contributed by atoms with Gasteiger partial charge in [-0.15, -0.1) is 0 Å². The zero-order chi connectivity index (χ0) is 12.3. The van der Waals surface area contributed by atoms with E-state index in [0.717, 1.165) is 12.3 Å². The van der Waals surface area contributed by atoms with Gasteiger partial charge < -0.3 is 15.0 Å². The second-order valence-electron chi connectivity index (χ2n) is 4.87. The second kappa shape index (κ2) is 9.49. The van der Waals surface area contributed by atoms with Crippen LogP contribution in [0.1, 0.15) is 38.5 Å². The number of ether oxygens (including phenoxy) is 1. The molecule has 1 rings (SSSR count). The van der Waals surface area contributed by atoms with Crippen molar-refractivity contribution in [3.8, 4) is 0 Å². The van der Waals surface area contributed by atoms with E-state index in [1.165, 1.54) is 58.2 Å². The lowest BCUT2D eigenvalue weighted by molar-refractivity contribution is 0.146. The molecular formula is C14H28N2O. The van der Waals surface area contributed by atoms with Gasteiger partial charge in [0.1, 0.15) is 0 Å². The van der Waals surface area contributed by atoms with Gasteiger partial charge >= 0.3 is 0 Å². The monoisotopic (exact) mass is 240 g/mol. The summed E-state index contributed by atoms with van der Waals surface area (Å²) in [5, 5.41) is 2.98. The topological polar surface area (TPSA) is 24.5 Å². The van der Waals surface area contributed by atoms with Gasteiger partial charge in [0.15, 0.2) is 0 Å². The highest BCUT2D eigenvalue weighted by atomic mass is 16.5. The summed E-state index contributed by atoms with van der Waals surface area (Å²) in [6, 6.07) is 0. The molecule has 3 nitrogen and oxygen atoms in total. The van der Waals surface area contributed by atoms with Crippen LogP contribution in [0, 0.1) is 0 Å². The summed E-state index contributed by atoms with van der Waals surface area (Å²) in [6.07, 6.45) is 7.99. The van der Waals surface area contributed by atoms with Crippen LogP contribution in [0.3, 0.4) is 0 Å². The minimum atomic E-state index is 0.641. The van der Waals surface area contributed by atoms with Gasteiger partial charge in [-0.2, -0.15) is 0 Å². The van der Waals surface area contributed by atoms with Crippen LogP contribution in [-0.4, -0.2) is 44.8 Å². The van der Waals surface area contributed by atoms with E-state index < -0.39 is 0 Å². The maximum absolute atomic E-state index is 5.50. The standard InChI is InChI=1S/C14H28N2O/c1-14(15-2)13-17-12-8-4-7-11-16-9-5-3-6-10-16/h15H,1,3-13H2,2H3. The minimum absolute atomic E-state index is 0.641. The van der Waals surface area contributed by atoms with Gasteiger partial charge in [0.05, 0.1) is 6.61 Å². The maximum Gasteiger partial charge on any atom is 0.0856 e. The Bertz CT molecular complexity index is 200. The summed E-state index contributed by atoms with van der Waals surface area (Å²) in [4.78, 5) is 2.60. The molecule has 17 heavy (non-hydrogen) atoms. The van der Waals surface area contributed by atoms with Crippen molar-refractivity contribution < 1.29 is 4.74 Å². The van der Waals surface area contributed by atoms with E-state index in [1.807, 2.05) is 7.05 Å². The van der Waals surface area contributed by atoms with Crippen molar-refractivity contribution in [3.05, 3.63) is 12.3 Å². The average molecular weight is 240 g/mol. The molecule has 1 aliphatic rings. The summed E-state index contributed by atoms with van der Waals surface area (Å²) in [5.74, 6) is 0. The smallest absolute Gasteiger partial charge is 0.0856 e. The third-order valence-corrected chi connectivity index (χ3v) is 3.34. The Morgan fingerprint density at radius 2 is 1.94 bits per heavy atom. The number of piperidine rings is 1. The van der Waals surface area contributed by atoms with Crippen molar-refractivity contribution >= 4 is 0 Å². The highest BCUT2D eigenvalue weighted by Gasteiger charge is 2.08. The van der Waals surface area contributed by atoms with Crippen molar-refractivity contribution in [2.45, 2.75) is 38.5 Å². The van der Waals surface area contributed by atoms with Gasteiger partial charge in [-0.05, 0) is 51.7 Å². The molecule has 1 saturated heterocycles. The molecular weight excluding hydrogens is 212 g/mol. The van der Waals surface area contributed by atoms with Gasteiger partial charge in [0, 0.05) is 19.4 Å². The third kappa shape index (κ3) is 7.40. The number of likely N-dealkylation sites (tertiary alicyclic amines) is 1. The van der Waals surface area contributed by atoms with Gasteiger partial charge in [0.25, 0.3) is 0 Å². The van der Waals surface area contributed by atoms with Crippen LogP contribution >= 0.6 is 0 Å². The minimum Gasteiger partial charge on any atom is -0.390 e. The summed E-state index contributed by atoms with van der Waals surface area (Å²) in [6.45, 7) is 9.25. The number of unbranched alkanes of at least 4 members (excludes halogenated alkanes) is 2. The Kier molecular flexibility index (Phi) is 8.10. The number of hydrogen-bond donors (Lipinski definition) is 1. The van der Waals surface area contributed by atoms with E-state index in [9.17, 15) is 0 Å². The first-order valence-electron chi connectivity index (χ1n) is 6.98. The van der Waals surface area contributed by atoms with E-state index in [4.69, 9.17) is 4.74 Å². The average Bonchev–Trinajstić information content (AvgIpc) is 2.38. The Morgan fingerprint density at radius 1 is 1.18 bits per heavy atom. The van der Waals surface area contributed by atoms with Crippen molar-refractivity contribution in [1.29, 1.82) is 0 Å². The van der Waals surface area contributed by atoms with E-state index in [1.54, 1.807) is 0 Å². The molecule has 0 aliphatic carbocycles. The van der Waals surface area contributed by atoms with Crippen LogP contribution in [0.4, 0.5) is 0 Å². The van der Waals surface area contributed by atoms with Gasteiger partial charge in [-0.25, -0.2) is 0 Å². The zero-order valence-corrected chi connectivity index (χ0v) is 11.3. The predicted octanol–water partition coefficient (Wildman–Crippen LogP) is 2.39. The number of nitrogens with one attached hydrogen (secondary N) is 1. The van der Waals surface area contributed by atoms with E-state index in [2.05, 4.69) is 16.8 Å². The molecule has 0 saturated carbocycles. The largest absolute Gasteiger partial charge is 0.390 e. The number of rotatable bonds is 9. The summed E-state index contributed by atoms with van der Waals surface area (Å²) in [7, 11) is 1.88. The van der Waals surface area contributed by atoms with Gasteiger partial charge in [0.2, 0.25) is 0 Å². The zero-order valence-electron chi connectivity index (χ0n) is 11.3. The molecule has 0 aromatic rings. The quantitative estimate of drug-likeness (QED) is 0.626. The van der Waals surface area contributed by atoms with Crippen LogP contribution in [-0.2, 0) is 4.74 Å². The van der Waals surface area contributed by atoms with Crippen LogP contribution in [0.2, 0.25) is 0 Å². The van der Waals surface area contributed by atoms with Crippen molar-refractivity contribution in [2.24, 2.45) is 0 Å². The Balaban J connectivity index is 1.82. The normalized spacial score (nSPS) is 17.0. The molecule has 0 spiro atoms. The number of hydrogen-bond acceptors (Lipinski definition) is 3. The lowest BCUT2D eigenvalue weighted by atomic mass is 10.1. The van der Waals surface area contributed by atoms with Crippen molar-refractivity contribution in [1.82, 2.24) is 10.2 Å². The maximum atomic E-state index is 5.50. The Hall–Kier alpha value is -0.540. The SMILES string of the molecule is C=C(COCCCCCN1CCCCC1)NC. The first-order valence-corrected chi connectivity index (χ1v) is 6.98. The molecule has 0 radical (unpaired) electrons. The Labute approximate surface area is 106 Å².